The maximum atomic E-state index is 4.69. The largest absolute Gasteiger partial charge is 0.385 e. The molecule has 18 heavy (non-hydrogen) atoms. The minimum absolute atomic E-state index is 0.830. The zero-order valence-electron chi connectivity index (χ0n) is 11.2. The van der Waals surface area contributed by atoms with E-state index < -0.39 is 0 Å². The van der Waals surface area contributed by atoms with Gasteiger partial charge in [-0.05, 0) is 32.0 Å². The first-order chi connectivity index (χ1) is 8.85. The Morgan fingerprint density at radius 2 is 2.00 bits per heavy atom. The molecule has 0 radical (unpaired) electrons. The highest BCUT2D eigenvalue weighted by atomic mass is 14.9. The topological polar surface area (TPSA) is 37.0 Å². The van der Waals surface area contributed by atoms with Crippen LogP contribution in [0.2, 0.25) is 0 Å². The van der Waals surface area contributed by atoms with Crippen LogP contribution in [-0.2, 0) is 6.54 Å². The highest BCUT2D eigenvalue weighted by molar-refractivity contribution is 5.91. The Kier molecular flexibility index (Phi) is 4.53. The summed E-state index contributed by atoms with van der Waals surface area (Å²) in [6.07, 6.45) is 1.15. The summed E-state index contributed by atoms with van der Waals surface area (Å²) in [5.41, 5.74) is 3.33. The van der Waals surface area contributed by atoms with Crippen molar-refractivity contribution < 1.29 is 0 Å². The first-order valence-corrected chi connectivity index (χ1v) is 6.68. The van der Waals surface area contributed by atoms with E-state index in [1.807, 2.05) is 6.07 Å². The number of para-hydroxylation sites is 1. The van der Waals surface area contributed by atoms with Gasteiger partial charge in [-0.2, -0.15) is 0 Å². The molecule has 3 nitrogen and oxygen atoms in total. The second kappa shape index (κ2) is 6.36. The van der Waals surface area contributed by atoms with Gasteiger partial charge in [-0.15, -0.1) is 0 Å². The van der Waals surface area contributed by atoms with Crippen molar-refractivity contribution in [2.24, 2.45) is 0 Å². The van der Waals surface area contributed by atoms with Crippen molar-refractivity contribution in [3.8, 4) is 0 Å². The van der Waals surface area contributed by atoms with Gasteiger partial charge in [0.2, 0.25) is 0 Å². The number of aromatic nitrogens is 1. The molecule has 1 aromatic heterocycles. The van der Waals surface area contributed by atoms with Crippen molar-refractivity contribution >= 4 is 16.6 Å². The molecule has 0 fully saturated rings. The molecule has 1 aromatic carbocycles. The standard InChI is InChI=1S/C15H21N3/c1-3-9-16-11-12-10-15(17-4-2)13-7-5-6-8-14(13)18-12/h5-8,10,16H,3-4,9,11H2,1-2H3,(H,17,18). The number of pyridine rings is 1. The van der Waals surface area contributed by atoms with E-state index in [0.717, 1.165) is 37.3 Å². The van der Waals surface area contributed by atoms with E-state index in [2.05, 4.69) is 53.7 Å². The zero-order valence-corrected chi connectivity index (χ0v) is 11.2. The minimum atomic E-state index is 0.830. The average Bonchev–Trinajstić information content (AvgIpc) is 2.39. The summed E-state index contributed by atoms with van der Waals surface area (Å²) in [5.74, 6) is 0. The molecule has 0 unspecified atom stereocenters. The van der Waals surface area contributed by atoms with Crippen LogP contribution >= 0.6 is 0 Å². The molecule has 2 aromatic rings. The van der Waals surface area contributed by atoms with Gasteiger partial charge < -0.3 is 10.6 Å². The lowest BCUT2D eigenvalue weighted by Gasteiger charge is -2.11. The minimum Gasteiger partial charge on any atom is -0.385 e. The third kappa shape index (κ3) is 2.99. The SMILES string of the molecule is CCCNCc1cc(NCC)c2ccccc2n1. The van der Waals surface area contributed by atoms with E-state index in [9.17, 15) is 0 Å². The van der Waals surface area contributed by atoms with E-state index in [1.165, 1.54) is 11.1 Å². The van der Waals surface area contributed by atoms with Crippen LogP contribution in [0.15, 0.2) is 30.3 Å². The van der Waals surface area contributed by atoms with Crippen molar-refractivity contribution in [2.75, 3.05) is 18.4 Å². The number of benzene rings is 1. The Balaban J connectivity index is 2.31. The van der Waals surface area contributed by atoms with Gasteiger partial charge >= 0.3 is 0 Å². The van der Waals surface area contributed by atoms with E-state index in [-0.39, 0.29) is 0 Å². The maximum absolute atomic E-state index is 4.69. The number of nitrogens with one attached hydrogen (secondary N) is 2. The maximum Gasteiger partial charge on any atom is 0.0726 e. The molecule has 3 heteroatoms. The highest BCUT2D eigenvalue weighted by Crippen LogP contribution is 2.22. The van der Waals surface area contributed by atoms with Gasteiger partial charge in [0.15, 0.2) is 0 Å². The predicted octanol–water partition coefficient (Wildman–Crippen LogP) is 3.17. The molecule has 0 atom stereocenters. The summed E-state index contributed by atoms with van der Waals surface area (Å²) in [6, 6.07) is 10.4. The van der Waals surface area contributed by atoms with Crippen molar-refractivity contribution in [1.82, 2.24) is 10.3 Å². The molecule has 1 heterocycles. The monoisotopic (exact) mass is 243 g/mol. The molecule has 0 saturated carbocycles. The molecule has 0 aliphatic heterocycles. The Bertz CT molecular complexity index is 508. The summed E-state index contributed by atoms with van der Waals surface area (Å²) in [7, 11) is 0. The van der Waals surface area contributed by atoms with Gasteiger partial charge in [0.1, 0.15) is 0 Å². The molecule has 0 amide bonds. The molecule has 0 bridgehead atoms. The number of hydrogen-bond acceptors (Lipinski definition) is 3. The van der Waals surface area contributed by atoms with Gasteiger partial charge in [-0.1, -0.05) is 25.1 Å². The van der Waals surface area contributed by atoms with Crippen LogP contribution in [0.25, 0.3) is 10.9 Å². The molecule has 2 N–H and O–H groups in total. The number of rotatable bonds is 6. The first-order valence-electron chi connectivity index (χ1n) is 6.68. The van der Waals surface area contributed by atoms with Crippen molar-refractivity contribution in [2.45, 2.75) is 26.8 Å². The fourth-order valence-corrected chi connectivity index (χ4v) is 2.05. The fourth-order valence-electron chi connectivity index (χ4n) is 2.05. The summed E-state index contributed by atoms with van der Waals surface area (Å²) in [5, 5.41) is 8.00. The van der Waals surface area contributed by atoms with Crippen LogP contribution in [0.1, 0.15) is 26.0 Å². The number of anilines is 1. The van der Waals surface area contributed by atoms with Crippen molar-refractivity contribution in [3.63, 3.8) is 0 Å². The third-order valence-corrected chi connectivity index (χ3v) is 2.87. The van der Waals surface area contributed by atoms with Crippen LogP contribution < -0.4 is 10.6 Å². The van der Waals surface area contributed by atoms with Gasteiger partial charge in [-0.3, -0.25) is 4.98 Å². The summed E-state index contributed by atoms with van der Waals surface area (Å²) in [4.78, 5) is 4.69. The van der Waals surface area contributed by atoms with Crippen molar-refractivity contribution in [1.29, 1.82) is 0 Å². The van der Waals surface area contributed by atoms with Gasteiger partial charge in [-0.25, -0.2) is 0 Å². The lowest BCUT2D eigenvalue weighted by molar-refractivity contribution is 0.666. The summed E-state index contributed by atoms with van der Waals surface area (Å²) in [6.45, 7) is 7.08. The Labute approximate surface area is 109 Å². The Hall–Kier alpha value is -1.61. The predicted molar refractivity (Wildman–Crippen MR) is 77.9 cm³/mol. The fraction of sp³-hybridized carbons (Fsp3) is 0.400. The number of nitrogens with zero attached hydrogens (tertiary/aromatic N) is 1. The molecular weight excluding hydrogens is 222 g/mol. The molecule has 0 aliphatic rings. The summed E-state index contributed by atoms with van der Waals surface area (Å²) >= 11 is 0. The van der Waals surface area contributed by atoms with E-state index >= 15 is 0 Å². The second-order valence-corrected chi connectivity index (χ2v) is 4.39. The zero-order chi connectivity index (χ0) is 12.8. The Morgan fingerprint density at radius 1 is 1.17 bits per heavy atom. The van der Waals surface area contributed by atoms with Crippen molar-refractivity contribution in [3.05, 3.63) is 36.0 Å². The molecule has 2 rings (SSSR count). The lowest BCUT2D eigenvalue weighted by atomic mass is 10.1. The van der Waals surface area contributed by atoms with Crippen LogP contribution in [0.4, 0.5) is 5.69 Å². The molecule has 0 spiro atoms. The van der Waals surface area contributed by atoms with Crippen LogP contribution in [0.3, 0.4) is 0 Å². The van der Waals surface area contributed by atoms with Gasteiger partial charge in [0, 0.05) is 24.2 Å². The molecule has 0 aliphatic carbocycles. The third-order valence-electron chi connectivity index (χ3n) is 2.87. The van der Waals surface area contributed by atoms with E-state index in [0.29, 0.717) is 0 Å². The normalized spacial score (nSPS) is 10.8. The smallest absolute Gasteiger partial charge is 0.0726 e. The summed E-state index contributed by atoms with van der Waals surface area (Å²) < 4.78 is 0. The van der Waals surface area contributed by atoms with E-state index in [4.69, 9.17) is 0 Å². The average molecular weight is 243 g/mol. The lowest BCUT2D eigenvalue weighted by Crippen LogP contribution is -2.15. The quantitative estimate of drug-likeness (QED) is 0.765. The first kappa shape index (κ1) is 12.8. The molecular formula is C15H21N3. The van der Waals surface area contributed by atoms with E-state index in [1.54, 1.807) is 0 Å². The molecule has 96 valence electrons. The highest BCUT2D eigenvalue weighted by Gasteiger charge is 2.04. The van der Waals surface area contributed by atoms with Crippen LogP contribution in [-0.4, -0.2) is 18.1 Å². The van der Waals surface area contributed by atoms with Crippen LogP contribution in [0, 0.1) is 0 Å². The second-order valence-electron chi connectivity index (χ2n) is 4.39. The van der Waals surface area contributed by atoms with Gasteiger partial charge in [0.25, 0.3) is 0 Å². The van der Waals surface area contributed by atoms with Gasteiger partial charge in [0.05, 0.1) is 11.2 Å². The Morgan fingerprint density at radius 3 is 2.78 bits per heavy atom. The van der Waals surface area contributed by atoms with Crippen LogP contribution in [0.5, 0.6) is 0 Å². The number of fused-ring (bicyclic) bond motifs is 1. The number of hydrogen-bond donors (Lipinski definition) is 2. The molecule has 0 saturated heterocycles.